The Morgan fingerprint density at radius 3 is 1.96 bits per heavy atom. The van der Waals surface area contributed by atoms with Gasteiger partial charge in [-0.05, 0) is 30.9 Å². The van der Waals surface area contributed by atoms with E-state index < -0.39 is 0 Å². The number of hydrogen-bond donors (Lipinski definition) is 0. The summed E-state index contributed by atoms with van der Waals surface area (Å²) < 4.78 is 0. The van der Waals surface area contributed by atoms with E-state index in [2.05, 4.69) is 57.4 Å². The molecule has 25 heavy (non-hydrogen) atoms. The van der Waals surface area contributed by atoms with Gasteiger partial charge in [0.15, 0.2) is 11.6 Å². The van der Waals surface area contributed by atoms with Crippen molar-refractivity contribution in [1.82, 2.24) is 15.0 Å². The van der Waals surface area contributed by atoms with Crippen LogP contribution in [-0.2, 0) is 0 Å². The topological polar surface area (TPSA) is 38.7 Å². The lowest BCUT2D eigenvalue weighted by atomic mass is 9.98. The largest absolute Gasteiger partial charge is 0.213 e. The molecule has 1 aliphatic carbocycles. The van der Waals surface area contributed by atoms with Crippen molar-refractivity contribution in [2.75, 3.05) is 0 Å². The second-order valence-electron chi connectivity index (χ2n) is 6.11. The normalized spacial score (nSPS) is 13.6. The summed E-state index contributed by atoms with van der Waals surface area (Å²) >= 11 is 0. The molecule has 0 radical (unpaired) electrons. The summed E-state index contributed by atoms with van der Waals surface area (Å²) in [4.78, 5) is 13.7. The summed E-state index contributed by atoms with van der Waals surface area (Å²) in [6, 6.07) is 18.5. The highest BCUT2D eigenvalue weighted by Gasteiger charge is 2.09. The summed E-state index contributed by atoms with van der Waals surface area (Å²) in [5.41, 5.74) is 4.53. The molecule has 0 spiro atoms. The molecule has 3 nitrogen and oxygen atoms in total. The fraction of sp³-hybridized carbons (Fsp3) is 0.136. The van der Waals surface area contributed by atoms with E-state index in [4.69, 9.17) is 0 Å². The van der Waals surface area contributed by atoms with Gasteiger partial charge in [-0.25, -0.2) is 15.0 Å². The van der Waals surface area contributed by atoms with Crippen LogP contribution in [0.5, 0.6) is 0 Å². The van der Waals surface area contributed by atoms with Crippen molar-refractivity contribution in [3.63, 3.8) is 0 Å². The van der Waals surface area contributed by atoms with Gasteiger partial charge in [-0.3, -0.25) is 0 Å². The lowest BCUT2D eigenvalue weighted by Crippen LogP contribution is -1.99. The first kappa shape index (κ1) is 15.5. The van der Waals surface area contributed by atoms with Crippen LogP contribution in [0.2, 0.25) is 0 Å². The number of hydrogen-bond acceptors (Lipinski definition) is 3. The van der Waals surface area contributed by atoms with Gasteiger partial charge in [-0.2, -0.15) is 0 Å². The van der Waals surface area contributed by atoms with E-state index in [-0.39, 0.29) is 0 Å². The van der Waals surface area contributed by atoms with Crippen LogP contribution < -0.4 is 0 Å². The average molecular weight is 325 g/mol. The lowest BCUT2D eigenvalue weighted by Gasteiger charge is -2.09. The van der Waals surface area contributed by atoms with Crippen LogP contribution >= 0.6 is 0 Å². The Balaban J connectivity index is 1.69. The van der Waals surface area contributed by atoms with Crippen molar-refractivity contribution >= 4 is 5.57 Å². The first-order chi connectivity index (χ1) is 12.3. The Kier molecular flexibility index (Phi) is 4.21. The number of aromatic nitrogens is 3. The highest BCUT2D eigenvalue weighted by atomic mass is 15.0. The van der Waals surface area contributed by atoms with Crippen LogP contribution in [0.15, 0.2) is 72.8 Å². The van der Waals surface area contributed by atoms with Gasteiger partial charge in [0.1, 0.15) is 5.82 Å². The van der Waals surface area contributed by atoms with E-state index in [1.807, 2.05) is 37.3 Å². The van der Waals surface area contributed by atoms with Gasteiger partial charge in [0.25, 0.3) is 0 Å². The van der Waals surface area contributed by atoms with Crippen molar-refractivity contribution in [2.45, 2.75) is 19.8 Å². The number of rotatable bonds is 3. The molecule has 0 fully saturated rings. The third-order valence-electron chi connectivity index (χ3n) is 4.25. The van der Waals surface area contributed by atoms with Gasteiger partial charge in [-0.15, -0.1) is 0 Å². The van der Waals surface area contributed by atoms with Crippen molar-refractivity contribution in [1.29, 1.82) is 0 Å². The van der Waals surface area contributed by atoms with Crippen LogP contribution in [0, 0.1) is 6.92 Å². The fourth-order valence-electron chi connectivity index (χ4n) is 2.97. The van der Waals surface area contributed by atoms with Crippen LogP contribution in [0.25, 0.3) is 28.3 Å². The minimum atomic E-state index is 0.713. The number of aryl methyl sites for hydroxylation is 1. The first-order valence-corrected chi connectivity index (χ1v) is 8.55. The molecule has 0 saturated carbocycles. The van der Waals surface area contributed by atoms with E-state index in [0.717, 1.165) is 29.8 Å². The standard InChI is InChI=1S/C22H19N3/c1-16-23-21(19-10-6-3-7-11-19)25-22(24-16)20-14-12-18(13-15-20)17-8-4-2-5-9-17/h3-4,6-15H,2,5H2,1H3. The Morgan fingerprint density at radius 1 is 0.680 bits per heavy atom. The molecule has 3 heteroatoms. The minimum Gasteiger partial charge on any atom is -0.213 e. The van der Waals surface area contributed by atoms with Gasteiger partial charge >= 0.3 is 0 Å². The molecule has 0 unspecified atom stereocenters. The van der Waals surface area contributed by atoms with Gasteiger partial charge < -0.3 is 0 Å². The third-order valence-corrected chi connectivity index (χ3v) is 4.25. The fourth-order valence-corrected chi connectivity index (χ4v) is 2.97. The molecule has 0 N–H and O–H groups in total. The Hall–Kier alpha value is -3.07. The molecule has 0 saturated heterocycles. The molecule has 1 aliphatic rings. The molecule has 0 atom stereocenters. The maximum Gasteiger partial charge on any atom is 0.163 e. The van der Waals surface area contributed by atoms with E-state index in [0.29, 0.717) is 11.6 Å². The Labute approximate surface area is 147 Å². The van der Waals surface area contributed by atoms with Crippen molar-refractivity contribution in [3.8, 4) is 22.8 Å². The van der Waals surface area contributed by atoms with Gasteiger partial charge in [-0.1, -0.05) is 72.8 Å². The zero-order valence-electron chi connectivity index (χ0n) is 14.2. The summed E-state index contributed by atoms with van der Waals surface area (Å²) in [6.07, 6.45) is 8.95. The van der Waals surface area contributed by atoms with Crippen molar-refractivity contribution in [3.05, 3.63) is 84.2 Å². The molecule has 0 amide bonds. The van der Waals surface area contributed by atoms with E-state index in [9.17, 15) is 0 Å². The van der Waals surface area contributed by atoms with Gasteiger partial charge in [0, 0.05) is 11.1 Å². The molecule has 122 valence electrons. The predicted octanol–water partition coefficient (Wildman–Crippen LogP) is 5.25. The van der Waals surface area contributed by atoms with Crippen LogP contribution in [-0.4, -0.2) is 15.0 Å². The highest BCUT2D eigenvalue weighted by Crippen LogP contribution is 2.25. The second kappa shape index (κ2) is 6.81. The molecular formula is C22H19N3. The number of nitrogens with zero attached hydrogens (tertiary/aromatic N) is 3. The Morgan fingerprint density at radius 2 is 1.32 bits per heavy atom. The number of benzene rings is 2. The molecule has 0 aliphatic heterocycles. The maximum absolute atomic E-state index is 4.67. The average Bonchev–Trinajstić information content (AvgIpc) is 2.69. The van der Waals surface area contributed by atoms with Gasteiger partial charge in [0.2, 0.25) is 0 Å². The Bertz CT molecular complexity index is 939. The van der Waals surface area contributed by atoms with Crippen molar-refractivity contribution in [2.24, 2.45) is 0 Å². The van der Waals surface area contributed by atoms with Crippen LogP contribution in [0.3, 0.4) is 0 Å². The summed E-state index contributed by atoms with van der Waals surface area (Å²) in [7, 11) is 0. The first-order valence-electron chi connectivity index (χ1n) is 8.55. The molecule has 4 rings (SSSR count). The van der Waals surface area contributed by atoms with E-state index in [1.165, 1.54) is 11.1 Å². The van der Waals surface area contributed by atoms with Crippen molar-refractivity contribution < 1.29 is 0 Å². The molecule has 3 aromatic rings. The molecule has 0 bridgehead atoms. The SMILES string of the molecule is Cc1nc(-c2ccccc2)nc(-c2ccc(C3=CCCC=C3)cc2)n1. The van der Waals surface area contributed by atoms with Gasteiger partial charge in [0.05, 0.1) is 0 Å². The monoisotopic (exact) mass is 325 g/mol. The highest BCUT2D eigenvalue weighted by molar-refractivity contribution is 5.76. The predicted molar refractivity (Wildman–Crippen MR) is 102 cm³/mol. The summed E-state index contributed by atoms with van der Waals surface area (Å²) in [6.45, 7) is 1.91. The van der Waals surface area contributed by atoms with Crippen LogP contribution in [0.4, 0.5) is 0 Å². The quantitative estimate of drug-likeness (QED) is 0.660. The summed E-state index contributed by atoms with van der Waals surface area (Å²) in [5, 5.41) is 0. The number of allylic oxidation sites excluding steroid dienone is 4. The zero-order chi connectivity index (χ0) is 17.1. The zero-order valence-corrected chi connectivity index (χ0v) is 14.2. The smallest absolute Gasteiger partial charge is 0.163 e. The molecule has 2 aromatic carbocycles. The van der Waals surface area contributed by atoms with E-state index in [1.54, 1.807) is 0 Å². The van der Waals surface area contributed by atoms with E-state index >= 15 is 0 Å². The minimum absolute atomic E-state index is 0.713. The van der Waals surface area contributed by atoms with Crippen LogP contribution in [0.1, 0.15) is 24.2 Å². The molecule has 1 aromatic heterocycles. The molecule has 1 heterocycles. The molecular weight excluding hydrogens is 306 g/mol. The lowest BCUT2D eigenvalue weighted by molar-refractivity contribution is 0.992. The second-order valence-corrected chi connectivity index (χ2v) is 6.11. The third kappa shape index (κ3) is 3.41. The summed E-state index contributed by atoms with van der Waals surface area (Å²) in [5.74, 6) is 2.15. The maximum atomic E-state index is 4.67.